The first-order valence-corrected chi connectivity index (χ1v) is 6.97. The van der Waals surface area contributed by atoms with Crippen molar-refractivity contribution in [1.82, 2.24) is 5.32 Å². The van der Waals surface area contributed by atoms with E-state index in [0.29, 0.717) is 0 Å². The van der Waals surface area contributed by atoms with Crippen LogP contribution in [0.5, 0.6) is 0 Å². The number of nitrogens with zero attached hydrogens (tertiary/aromatic N) is 1. The van der Waals surface area contributed by atoms with Crippen molar-refractivity contribution in [3.05, 3.63) is 38.3 Å². The van der Waals surface area contributed by atoms with Gasteiger partial charge in [-0.2, -0.15) is 0 Å². The maximum Gasteiger partial charge on any atom is 0.270 e. The van der Waals surface area contributed by atoms with Crippen LogP contribution in [0.2, 0.25) is 0 Å². The van der Waals surface area contributed by atoms with E-state index >= 15 is 0 Å². The first-order chi connectivity index (χ1) is 8.50. The SMILES string of the molecule is CC1(NCc2ccc([N+](=O)[O-])cc2Br)CCCC1. The summed E-state index contributed by atoms with van der Waals surface area (Å²) in [5.41, 5.74) is 1.41. The molecule has 0 bridgehead atoms. The van der Waals surface area contributed by atoms with Gasteiger partial charge in [-0.15, -0.1) is 0 Å². The van der Waals surface area contributed by atoms with Crippen LogP contribution in [-0.2, 0) is 6.54 Å². The molecule has 1 aliphatic carbocycles. The van der Waals surface area contributed by atoms with Gasteiger partial charge in [0.1, 0.15) is 0 Å². The van der Waals surface area contributed by atoms with E-state index in [2.05, 4.69) is 28.2 Å². The molecule has 5 heteroatoms. The Balaban J connectivity index is 2.03. The second-order valence-electron chi connectivity index (χ2n) is 5.15. The number of nitro benzene ring substituents is 1. The van der Waals surface area contributed by atoms with Gasteiger partial charge in [-0.25, -0.2) is 0 Å². The lowest BCUT2D eigenvalue weighted by Crippen LogP contribution is -2.38. The van der Waals surface area contributed by atoms with Crippen LogP contribution in [-0.4, -0.2) is 10.5 Å². The first-order valence-electron chi connectivity index (χ1n) is 6.18. The molecule has 1 fully saturated rings. The topological polar surface area (TPSA) is 55.2 Å². The average Bonchev–Trinajstić information content (AvgIpc) is 2.75. The van der Waals surface area contributed by atoms with E-state index < -0.39 is 0 Å². The zero-order valence-corrected chi connectivity index (χ0v) is 12.0. The minimum Gasteiger partial charge on any atom is -0.307 e. The molecule has 1 saturated carbocycles. The van der Waals surface area contributed by atoms with Crippen molar-refractivity contribution >= 4 is 21.6 Å². The lowest BCUT2D eigenvalue weighted by Gasteiger charge is -2.25. The Hall–Kier alpha value is -0.940. The van der Waals surface area contributed by atoms with Gasteiger partial charge in [0.2, 0.25) is 0 Å². The predicted octanol–water partition coefficient (Wildman–Crippen LogP) is 3.78. The molecule has 1 aromatic carbocycles. The number of nitrogens with one attached hydrogen (secondary N) is 1. The van der Waals surface area contributed by atoms with Crippen LogP contribution in [0, 0.1) is 10.1 Å². The van der Waals surface area contributed by atoms with Gasteiger partial charge in [0, 0.05) is 28.7 Å². The van der Waals surface area contributed by atoms with Gasteiger partial charge >= 0.3 is 0 Å². The molecule has 1 aromatic rings. The van der Waals surface area contributed by atoms with Gasteiger partial charge in [-0.05, 0) is 31.4 Å². The van der Waals surface area contributed by atoms with Crippen molar-refractivity contribution in [3.8, 4) is 0 Å². The van der Waals surface area contributed by atoms with Gasteiger partial charge in [0.15, 0.2) is 0 Å². The quantitative estimate of drug-likeness (QED) is 0.680. The summed E-state index contributed by atoms with van der Waals surface area (Å²) < 4.78 is 0.797. The van der Waals surface area contributed by atoms with Crippen LogP contribution in [0.1, 0.15) is 38.2 Å². The van der Waals surface area contributed by atoms with Crippen molar-refractivity contribution in [1.29, 1.82) is 0 Å². The van der Waals surface area contributed by atoms with Crippen molar-refractivity contribution in [2.24, 2.45) is 0 Å². The van der Waals surface area contributed by atoms with Gasteiger partial charge in [-0.1, -0.05) is 28.8 Å². The van der Waals surface area contributed by atoms with Gasteiger partial charge < -0.3 is 5.32 Å². The van der Waals surface area contributed by atoms with Crippen molar-refractivity contribution < 1.29 is 4.92 Å². The lowest BCUT2D eigenvalue weighted by atomic mass is 10.0. The highest BCUT2D eigenvalue weighted by Crippen LogP contribution is 2.30. The maximum atomic E-state index is 10.7. The Labute approximate surface area is 115 Å². The number of halogens is 1. The van der Waals surface area contributed by atoms with E-state index in [0.717, 1.165) is 16.6 Å². The van der Waals surface area contributed by atoms with E-state index in [-0.39, 0.29) is 16.1 Å². The Morgan fingerprint density at radius 1 is 1.44 bits per heavy atom. The standard InChI is InChI=1S/C13H17BrN2O2/c1-13(6-2-3-7-13)15-9-10-4-5-11(16(17)18)8-12(10)14/h4-5,8,15H,2-3,6-7,9H2,1H3. The second-order valence-corrected chi connectivity index (χ2v) is 6.01. The van der Waals surface area contributed by atoms with E-state index in [4.69, 9.17) is 0 Å². The minimum absolute atomic E-state index is 0.123. The number of nitro groups is 1. The largest absolute Gasteiger partial charge is 0.307 e. The smallest absolute Gasteiger partial charge is 0.270 e. The molecule has 0 unspecified atom stereocenters. The molecule has 2 rings (SSSR count). The third-order valence-electron chi connectivity index (χ3n) is 3.66. The fourth-order valence-corrected chi connectivity index (χ4v) is 2.94. The van der Waals surface area contributed by atoms with Crippen LogP contribution in [0.25, 0.3) is 0 Å². The molecule has 4 nitrogen and oxygen atoms in total. The second kappa shape index (κ2) is 5.36. The summed E-state index contributed by atoms with van der Waals surface area (Å²) in [5.74, 6) is 0. The Bertz CT molecular complexity index is 456. The summed E-state index contributed by atoms with van der Waals surface area (Å²) >= 11 is 3.40. The molecule has 1 aliphatic rings. The zero-order chi connectivity index (χ0) is 13.2. The molecular formula is C13H17BrN2O2. The van der Waals surface area contributed by atoms with E-state index in [1.165, 1.54) is 25.7 Å². The third-order valence-corrected chi connectivity index (χ3v) is 4.40. The summed E-state index contributed by atoms with van der Waals surface area (Å²) in [4.78, 5) is 10.3. The Kier molecular flexibility index (Phi) is 4.02. The van der Waals surface area contributed by atoms with Crippen molar-refractivity contribution in [3.63, 3.8) is 0 Å². The molecular weight excluding hydrogens is 296 g/mol. The van der Waals surface area contributed by atoms with E-state index in [1.807, 2.05) is 6.07 Å². The molecule has 0 aromatic heterocycles. The molecule has 0 radical (unpaired) electrons. The highest BCUT2D eigenvalue weighted by Gasteiger charge is 2.27. The average molecular weight is 313 g/mol. The Morgan fingerprint density at radius 2 is 2.11 bits per heavy atom. The summed E-state index contributed by atoms with van der Waals surface area (Å²) in [7, 11) is 0. The van der Waals surface area contributed by atoms with Crippen LogP contribution >= 0.6 is 15.9 Å². The lowest BCUT2D eigenvalue weighted by molar-refractivity contribution is -0.384. The highest BCUT2D eigenvalue weighted by molar-refractivity contribution is 9.10. The van der Waals surface area contributed by atoms with Gasteiger partial charge in [0.05, 0.1) is 4.92 Å². The summed E-state index contributed by atoms with van der Waals surface area (Å²) in [6.45, 7) is 2.99. The highest BCUT2D eigenvalue weighted by atomic mass is 79.9. The summed E-state index contributed by atoms with van der Waals surface area (Å²) in [6, 6.07) is 4.93. The maximum absolute atomic E-state index is 10.7. The first kappa shape index (κ1) is 13.5. The fraction of sp³-hybridized carbons (Fsp3) is 0.538. The fourth-order valence-electron chi connectivity index (χ4n) is 2.43. The molecule has 98 valence electrons. The molecule has 0 spiro atoms. The van der Waals surface area contributed by atoms with Crippen LogP contribution in [0.4, 0.5) is 5.69 Å². The van der Waals surface area contributed by atoms with Crippen LogP contribution in [0.15, 0.2) is 22.7 Å². The molecule has 0 atom stereocenters. The van der Waals surface area contributed by atoms with Crippen LogP contribution in [0.3, 0.4) is 0 Å². The Morgan fingerprint density at radius 3 is 2.67 bits per heavy atom. The molecule has 0 heterocycles. The van der Waals surface area contributed by atoms with Crippen molar-refractivity contribution in [2.75, 3.05) is 0 Å². The third kappa shape index (κ3) is 3.09. The van der Waals surface area contributed by atoms with Gasteiger partial charge in [-0.3, -0.25) is 10.1 Å². The number of hydrogen-bond donors (Lipinski definition) is 1. The molecule has 0 saturated heterocycles. The molecule has 0 aliphatic heterocycles. The normalized spacial score (nSPS) is 17.9. The summed E-state index contributed by atoms with van der Waals surface area (Å²) in [5, 5.41) is 14.2. The number of benzene rings is 1. The van der Waals surface area contributed by atoms with Gasteiger partial charge in [0.25, 0.3) is 5.69 Å². The monoisotopic (exact) mass is 312 g/mol. The van der Waals surface area contributed by atoms with E-state index in [1.54, 1.807) is 12.1 Å². The molecule has 0 amide bonds. The van der Waals surface area contributed by atoms with Crippen molar-refractivity contribution in [2.45, 2.75) is 44.7 Å². The summed E-state index contributed by atoms with van der Waals surface area (Å²) in [6.07, 6.45) is 4.98. The predicted molar refractivity (Wildman–Crippen MR) is 74.5 cm³/mol. The number of hydrogen-bond acceptors (Lipinski definition) is 3. The number of rotatable bonds is 4. The van der Waals surface area contributed by atoms with E-state index in [9.17, 15) is 10.1 Å². The number of non-ortho nitro benzene ring substituents is 1. The minimum atomic E-state index is -0.375. The zero-order valence-electron chi connectivity index (χ0n) is 10.4. The molecule has 18 heavy (non-hydrogen) atoms. The van der Waals surface area contributed by atoms with Crippen LogP contribution < -0.4 is 5.32 Å². The molecule has 1 N–H and O–H groups in total.